The predicted molar refractivity (Wildman–Crippen MR) is 141 cm³/mol. The lowest BCUT2D eigenvalue weighted by Gasteiger charge is -2.18. The molecule has 210 valence electrons. The molecule has 2 heterocycles. The third-order valence-electron chi connectivity index (χ3n) is 7.25. The molecular formula is C29H30F4N6O. The molecule has 1 aliphatic carbocycles. The van der Waals surface area contributed by atoms with Gasteiger partial charge in [-0.2, -0.15) is 23.4 Å². The first-order valence-electron chi connectivity index (χ1n) is 13.4. The molecule has 1 amide bonds. The summed E-state index contributed by atoms with van der Waals surface area (Å²) in [6, 6.07) is 12.5. The number of amides is 1. The summed E-state index contributed by atoms with van der Waals surface area (Å²) in [5.74, 6) is 0.351. The van der Waals surface area contributed by atoms with E-state index >= 15 is 0 Å². The lowest BCUT2D eigenvalue weighted by atomic mass is 10.0. The Hall–Kier alpha value is -4.02. The van der Waals surface area contributed by atoms with Crippen LogP contribution in [0.5, 0.6) is 0 Å². The lowest BCUT2D eigenvalue weighted by molar-refractivity contribution is -0.137. The molecule has 0 unspecified atom stereocenters. The van der Waals surface area contributed by atoms with Crippen LogP contribution in [-0.2, 0) is 19.0 Å². The van der Waals surface area contributed by atoms with Crippen molar-refractivity contribution in [1.82, 2.24) is 30.3 Å². The fourth-order valence-corrected chi connectivity index (χ4v) is 5.26. The van der Waals surface area contributed by atoms with Crippen LogP contribution in [-0.4, -0.2) is 36.9 Å². The fourth-order valence-electron chi connectivity index (χ4n) is 5.26. The van der Waals surface area contributed by atoms with E-state index in [4.69, 9.17) is 0 Å². The molecule has 0 radical (unpaired) electrons. The van der Waals surface area contributed by atoms with Gasteiger partial charge in [-0.15, -0.1) is 0 Å². The summed E-state index contributed by atoms with van der Waals surface area (Å²) >= 11 is 0. The second-order valence-corrected chi connectivity index (χ2v) is 10.2. The maximum absolute atomic E-state index is 13.9. The van der Waals surface area contributed by atoms with Crippen LogP contribution in [0.1, 0.15) is 71.4 Å². The first-order chi connectivity index (χ1) is 19.2. The van der Waals surface area contributed by atoms with Crippen LogP contribution in [0.25, 0.3) is 11.3 Å². The molecule has 1 aliphatic rings. The molecule has 1 saturated carbocycles. The molecule has 1 atom stereocenters. The number of hydrogen-bond donors (Lipinski definition) is 2. The molecule has 0 aliphatic heterocycles. The zero-order valence-electron chi connectivity index (χ0n) is 22.0. The number of H-pyrrole nitrogens is 1. The summed E-state index contributed by atoms with van der Waals surface area (Å²) in [7, 11) is 0. The monoisotopic (exact) mass is 554 g/mol. The normalized spacial score (nSPS) is 14.9. The highest BCUT2D eigenvalue weighted by Gasteiger charge is 2.35. The molecule has 4 aromatic rings. The number of alkyl halides is 3. The molecule has 2 aromatic carbocycles. The van der Waals surface area contributed by atoms with Crippen molar-refractivity contribution in [3.8, 4) is 11.3 Å². The second kappa shape index (κ2) is 11.6. The van der Waals surface area contributed by atoms with Crippen LogP contribution in [0.2, 0.25) is 0 Å². The van der Waals surface area contributed by atoms with E-state index in [1.54, 1.807) is 29.8 Å². The zero-order valence-corrected chi connectivity index (χ0v) is 22.0. The van der Waals surface area contributed by atoms with Gasteiger partial charge in [-0.1, -0.05) is 43.2 Å². The van der Waals surface area contributed by atoms with Gasteiger partial charge in [0.25, 0.3) is 5.91 Å². The number of nitrogens with one attached hydrogen (secondary N) is 2. The van der Waals surface area contributed by atoms with Crippen LogP contribution < -0.4 is 5.32 Å². The molecule has 1 fully saturated rings. The first kappa shape index (κ1) is 27.5. The lowest BCUT2D eigenvalue weighted by Crippen LogP contribution is -2.37. The van der Waals surface area contributed by atoms with E-state index in [0.717, 1.165) is 37.3 Å². The molecule has 2 aromatic heterocycles. The first-order valence-corrected chi connectivity index (χ1v) is 13.4. The van der Waals surface area contributed by atoms with E-state index in [9.17, 15) is 22.4 Å². The van der Waals surface area contributed by atoms with E-state index in [-0.39, 0.29) is 28.8 Å². The summed E-state index contributed by atoms with van der Waals surface area (Å²) in [5.41, 5.74) is 0.466. The maximum Gasteiger partial charge on any atom is 0.417 e. The van der Waals surface area contributed by atoms with E-state index in [1.165, 1.54) is 30.3 Å². The Morgan fingerprint density at radius 3 is 2.52 bits per heavy atom. The van der Waals surface area contributed by atoms with Crippen molar-refractivity contribution < 1.29 is 22.4 Å². The molecule has 0 spiro atoms. The standard InChI is InChI=1S/C29H30F4N6O/c1-18-34-27(37-36-18)16-21(15-12-19-10-13-20(30)14-11-19)35-28(40)25-17-26(39(38-25)22-6-2-3-7-22)23-8-4-5-9-24(23)29(31,32)33/h4-5,8-11,13-14,17,21-22H,2-3,6-7,12,15-16H2,1H3,(H,35,40)(H,34,36,37)/t21-/m0/s1. The number of hydrogen-bond acceptors (Lipinski definition) is 4. The number of nitrogens with zero attached hydrogens (tertiary/aromatic N) is 4. The quantitative estimate of drug-likeness (QED) is 0.240. The van der Waals surface area contributed by atoms with Crippen LogP contribution in [0, 0.1) is 12.7 Å². The number of halogens is 4. The molecule has 7 nitrogen and oxygen atoms in total. The van der Waals surface area contributed by atoms with E-state index < -0.39 is 23.7 Å². The number of rotatable bonds is 9. The van der Waals surface area contributed by atoms with E-state index in [2.05, 4.69) is 25.6 Å². The maximum atomic E-state index is 13.9. The molecule has 2 N–H and O–H groups in total. The highest BCUT2D eigenvalue weighted by molar-refractivity contribution is 5.93. The molecule has 11 heteroatoms. The summed E-state index contributed by atoms with van der Waals surface area (Å²) in [6.45, 7) is 1.78. The average molecular weight is 555 g/mol. The number of benzene rings is 2. The average Bonchev–Trinajstić information content (AvgIpc) is 3.69. The van der Waals surface area contributed by atoms with Crippen LogP contribution in [0.15, 0.2) is 54.6 Å². The third kappa shape index (κ3) is 6.40. The van der Waals surface area contributed by atoms with Gasteiger partial charge in [0.15, 0.2) is 11.5 Å². The van der Waals surface area contributed by atoms with Crippen LogP contribution >= 0.6 is 0 Å². The van der Waals surface area contributed by atoms with Gasteiger partial charge in [-0.25, -0.2) is 9.37 Å². The number of aromatic nitrogens is 5. The van der Waals surface area contributed by atoms with Gasteiger partial charge < -0.3 is 5.32 Å². The third-order valence-corrected chi connectivity index (χ3v) is 7.25. The molecule has 40 heavy (non-hydrogen) atoms. The Morgan fingerprint density at radius 1 is 1.12 bits per heavy atom. The van der Waals surface area contributed by atoms with E-state index in [0.29, 0.717) is 30.9 Å². The topological polar surface area (TPSA) is 88.5 Å². The molecular weight excluding hydrogens is 524 g/mol. The van der Waals surface area contributed by atoms with Crippen molar-refractivity contribution in [1.29, 1.82) is 0 Å². The van der Waals surface area contributed by atoms with Crippen molar-refractivity contribution in [3.63, 3.8) is 0 Å². The Bertz CT molecular complexity index is 1450. The minimum atomic E-state index is -4.55. The summed E-state index contributed by atoms with van der Waals surface area (Å²) in [4.78, 5) is 17.8. The zero-order chi connectivity index (χ0) is 28.3. The number of carbonyl (C=O) groups is 1. The Morgan fingerprint density at radius 2 is 1.85 bits per heavy atom. The van der Waals surface area contributed by atoms with Gasteiger partial charge in [0.05, 0.1) is 17.3 Å². The van der Waals surface area contributed by atoms with Crippen molar-refractivity contribution in [3.05, 3.63) is 88.9 Å². The van der Waals surface area contributed by atoms with E-state index in [1.807, 2.05) is 0 Å². The van der Waals surface area contributed by atoms with Gasteiger partial charge in [-0.3, -0.25) is 14.6 Å². The number of aryl methyl sites for hydroxylation is 2. The number of aromatic amines is 1. The summed E-state index contributed by atoms with van der Waals surface area (Å²) in [6.07, 6.45) is 0.340. The smallest absolute Gasteiger partial charge is 0.347 e. The summed E-state index contributed by atoms with van der Waals surface area (Å²) in [5, 5.41) is 14.5. The van der Waals surface area contributed by atoms with Crippen molar-refractivity contribution in [2.24, 2.45) is 0 Å². The molecule has 5 rings (SSSR count). The van der Waals surface area contributed by atoms with Gasteiger partial charge in [0.2, 0.25) is 0 Å². The number of carbonyl (C=O) groups excluding carboxylic acids is 1. The fraction of sp³-hybridized carbons (Fsp3) is 0.379. The Labute approximate surface area is 229 Å². The van der Waals surface area contributed by atoms with Gasteiger partial charge in [-0.05, 0) is 62.4 Å². The van der Waals surface area contributed by atoms with Crippen LogP contribution in [0.4, 0.5) is 17.6 Å². The molecule has 0 bridgehead atoms. The SMILES string of the molecule is Cc1nc(C[C@H](CCc2ccc(F)cc2)NC(=O)c2cc(-c3ccccc3C(F)(F)F)n(C3CCCC3)n2)n[nH]1. The van der Waals surface area contributed by atoms with Crippen LogP contribution in [0.3, 0.4) is 0 Å². The minimum Gasteiger partial charge on any atom is -0.347 e. The van der Waals surface area contributed by atoms with Gasteiger partial charge >= 0.3 is 6.18 Å². The Kier molecular flexibility index (Phi) is 7.99. The Balaban J connectivity index is 1.43. The van der Waals surface area contributed by atoms with Gasteiger partial charge in [0, 0.05) is 18.0 Å². The van der Waals surface area contributed by atoms with Crippen molar-refractivity contribution in [2.45, 2.75) is 70.1 Å². The van der Waals surface area contributed by atoms with Crippen molar-refractivity contribution in [2.75, 3.05) is 0 Å². The minimum absolute atomic E-state index is 0.00231. The second-order valence-electron chi connectivity index (χ2n) is 10.2. The molecule has 0 saturated heterocycles. The van der Waals surface area contributed by atoms with Gasteiger partial charge in [0.1, 0.15) is 11.6 Å². The highest BCUT2D eigenvalue weighted by atomic mass is 19.4. The van der Waals surface area contributed by atoms with Crippen molar-refractivity contribution >= 4 is 5.91 Å². The predicted octanol–water partition coefficient (Wildman–Crippen LogP) is 6.22. The summed E-state index contributed by atoms with van der Waals surface area (Å²) < 4.78 is 56.6. The largest absolute Gasteiger partial charge is 0.417 e. The highest BCUT2D eigenvalue weighted by Crippen LogP contribution is 2.40.